The highest BCUT2D eigenvalue weighted by Gasteiger charge is 2.22. The van der Waals surface area contributed by atoms with Crippen molar-refractivity contribution in [2.24, 2.45) is 0 Å². The van der Waals surface area contributed by atoms with E-state index < -0.39 is 17.8 Å². The average Bonchev–Trinajstić information content (AvgIpc) is 3.19. The molecular formula is C21H24FN5O2. The van der Waals surface area contributed by atoms with Crippen molar-refractivity contribution < 1.29 is 14.3 Å². The number of hydrogen-bond acceptors (Lipinski definition) is 5. The van der Waals surface area contributed by atoms with E-state index in [-0.39, 0.29) is 23.7 Å². The maximum atomic E-state index is 15.3. The van der Waals surface area contributed by atoms with Gasteiger partial charge in [0.05, 0.1) is 23.6 Å². The number of aliphatic hydroxyl groups is 1. The van der Waals surface area contributed by atoms with Crippen LogP contribution < -0.4 is 5.32 Å². The van der Waals surface area contributed by atoms with Gasteiger partial charge in [-0.05, 0) is 37.6 Å². The predicted octanol–water partition coefficient (Wildman–Crippen LogP) is 3.01. The largest absolute Gasteiger partial charge is 0.394 e. The summed E-state index contributed by atoms with van der Waals surface area (Å²) in [5.41, 5.74) is 1.90. The second-order valence-corrected chi connectivity index (χ2v) is 7.32. The molecule has 0 aliphatic heterocycles. The fraction of sp³-hybridized carbons (Fsp3) is 0.333. The van der Waals surface area contributed by atoms with Gasteiger partial charge in [0.2, 0.25) is 0 Å². The Morgan fingerprint density at radius 1 is 1.24 bits per heavy atom. The normalized spacial score (nSPS) is 12.2. The zero-order valence-corrected chi connectivity index (χ0v) is 16.8. The lowest BCUT2D eigenvalue weighted by molar-refractivity contribution is 0.0918. The van der Waals surface area contributed by atoms with E-state index in [4.69, 9.17) is 0 Å². The smallest absolute Gasteiger partial charge is 0.254 e. The molecular weight excluding hydrogens is 373 g/mol. The van der Waals surface area contributed by atoms with Crippen molar-refractivity contribution in [3.8, 4) is 16.9 Å². The number of aryl methyl sites for hydroxylation is 1. The fourth-order valence-electron chi connectivity index (χ4n) is 2.90. The number of nitrogens with zero attached hydrogens (tertiary/aromatic N) is 4. The molecule has 0 radical (unpaired) electrons. The summed E-state index contributed by atoms with van der Waals surface area (Å²) in [6.45, 7) is 7.23. The summed E-state index contributed by atoms with van der Waals surface area (Å²) in [5, 5.41) is 16.1. The number of benzene rings is 1. The Hall–Kier alpha value is -3.13. The third-order valence-corrected chi connectivity index (χ3v) is 4.48. The Morgan fingerprint density at radius 3 is 2.62 bits per heavy atom. The van der Waals surface area contributed by atoms with E-state index in [1.54, 1.807) is 29.9 Å². The first-order valence-corrected chi connectivity index (χ1v) is 9.40. The molecule has 0 spiro atoms. The molecule has 2 heterocycles. The molecule has 1 atom stereocenters. The minimum absolute atomic E-state index is 0.0789. The van der Waals surface area contributed by atoms with Crippen LogP contribution in [0.15, 0.2) is 36.8 Å². The van der Waals surface area contributed by atoms with Gasteiger partial charge < -0.3 is 10.4 Å². The number of nitrogens with one attached hydrogen (secondary N) is 1. The maximum absolute atomic E-state index is 15.3. The van der Waals surface area contributed by atoms with Crippen molar-refractivity contribution in [1.82, 2.24) is 25.1 Å². The summed E-state index contributed by atoms with van der Waals surface area (Å²) in [6.07, 6.45) is 3.07. The molecule has 1 aromatic carbocycles. The lowest BCUT2D eigenvalue weighted by atomic mass is 10.0. The molecule has 0 saturated carbocycles. The van der Waals surface area contributed by atoms with Crippen molar-refractivity contribution in [2.45, 2.75) is 39.7 Å². The Labute approximate surface area is 168 Å². The van der Waals surface area contributed by atoms with E-state index >= 15 is 4.39 Å². The maximum Gasteiger partial charge on any atom is 0.254 e. The van der Waals surface area contributed by atoms with Crippen LogP contribution in [0.4, 0.5) is 4.39 Å². The number of halogens is 1. The summed E-state index contributed by atoms with van der Waals surface area (Å²) in [4.78, 5) is 21.3. The molecule has 0 saturated heterocycles. The van der Waals surface area contributed by atoms with E-state index in [2.05, 4.69) is 20.4 Å². The van der Waals surface area contributed by atoms with Gasteiger partial charge in [-0.1, -0.05) is 19.9 Å². The predicted molar refractivity (Wildman–Crippen MR) is 107 cm³/mol. The van der Waals surface area contributed by atoms with Crippen LogP contribution in [0.2, 0.25) is 0 Å². The van der Waals surface area contributed by atoms with Crippen LogP contribution >= 0.6 is 0 Å². The van der Waals surface area contributed by atoms with Crippen LogP contribution in [-0.4, -0.2) is 43.4 Å². The van der Waals surface area contributed by atoms with Crippen LogP contribution in [0.25, 0.3) is 16.9 Å². The Kier molecular flexibility index (Phi) is 6.03. The first-order chi connectivity index (χ1) is 13.8. The van der Waals surface area contributed by atoms with Gasteiger partial charge in [-0.2, -0.15) is 5.10 Å². The van der Waals surface area contributed by atoms with E-state index in [1.165, 1.54) is 12.4 Å². The number of aliphatic hydroxyl groups excluding tert-OH is 1. The molecule has 29 heavy (non-hydrogen) atoms. The number of carbonyl (C=O) groups excluding carboxylic acids is 1. The molecule has 0 aliphatic carbocycles. The molecule has 1 amide bonds. The molecule has 3 rings (SSSR count). The Bertz CT molecular complexity index is 1010. The molecule has 0 aliphatic rings. The Morgan fingerprint density at radius 2 is 2.00 bits per heavy atom. The molecule has 2 N–H and O–H groups in total. The van der Waals surface area contributed by atoms with Crippen molar-refractivity contribution in [1.29, 1.82) is 0 Å². The number of pyridine rings is 1. The molecule has 152 valence electrons. The minimum Gasteiger partial charge on any atom is -0.394 e. The second kappa shape index (κ2) is 8.48. The van der Waals surface area contributed by atoms with Crippen LogP contribution in [0.1, 0.15) is 48.4 Å². The van der Waals surface area contributed by atoms with Gasteiger partial charge >= 0.3 is 0 Å². The molecule has 2 aromatic heterocycles. The molecule has 0 fully saturated rings. The summed E-state index contributed by atoms with van der Waals surface area (Å²) < 4.78 is 16.9. The number of amides is 1. The van der Waals surface area contributed by atoms with Crippen LogP contribution in [0.3, 0.4) is 0 Å². The zero-order chi connectivity index (χ0) is 21.1. The SMILES string of the molecule is Cc1ccc(-c2cc(-n3ncnc3C(C)C)cc(C(=O)N[C@@H](C)CO)c2F)nc1. The van der Waals surface area contributed by atoms with Crippen LogP contribution in [-0.2, 0) is 0 Å². The van der Waals surface area contributed by atoms with Gasteiger partial charge in [-0.25, -0.2) is 14.1 Å². The number of rotatable bonds is 6. The average molecular weight is 397 g/mol. The van der Waals surface area contributed by atoms with Crippen LogP contribution in [0.5, 0.6) is 0 Å². The van der Waals surface area contributed by atoms with Gasteiger partial charge in [0.1, 0.15) is 18.0 Å². The molecule has 3 aromatic rings. The van der Waals surface area contributed by atoms with Gasteiger partial charge in [0, 0.05) is 23.7 Å². The van der Waals surface area contributed by atoms with Crippen molar-refractivity contribution in [3.63, 3.8) is 0 Å². The van der Waals surface area contributed by atoms with Gasteiger partial charge in [0.15, 0.2) is 0 Å². The second-order valence-electron chi connectivity index (χ2n) is 7.32. The highest BCUT2D eigenvalue weighted by Crippen LogP contribution is 2.28. The van der Waals surface area contributed by atoms with Crippen LogP contribution in [0, 0.1) is 12.7 Å². The van der Waals surface area contributed by atoms with Gasteiger partial charge in [-0.15, -0.1) is 0 Å². The molecule has 0 bridgehead atoms. The van der Waals surface area contributed by atoms with E-state index in [9.17, 15) is 9.90 Å². The standard InChI is InChI=1S/C21H24FN5O2/c1-12(2)20-24-11-25-27(20)15-7-16(18-6-5-13(3)9-23-18)19(22)17(8-15)21(29)26-14(4)10-28/h5-9,11-12,14,28H,10H2,1-4H3,(H,26,29)/t14-/m0/s1. The summed E-state index contributed by atoms with van der Waals surface area (Å²) >= 11 is 0. The summed E-state index contributed by atoms with van der Waals surface area (Å²) in [6, 6.07) is 6.08. The third-order valence-electron chi connectivity index (χ3n) is 4.48. The highest BCUT2D eigenvalue weighted by molar-refractivity contribution is 5.96. The van der Waals surface area contributed by atoms with Crippen molar-refractivity contribution in [2.75, 3.05) is 6.61 Å². The van der Waals surface area contributed by atoms with E-state index in [0.29, 0.717) is 17.2 Å². The summed E-state index contributed by atoms with van der Waals surface area (Å²) in [5.74, 6) is -0.533. The lowest BCUT2D eigenvalue weighted by Crippen LogP contribution is -2.35. The quantitative estimate of drug-likeness (QED) is 0.667. The van der Waals surface area contributed by atoms with Gasteiger partial charge in [0.25, 0.3) is 5.91 Å². The monoisotopic (exact) mass is 397 g/mol. The van der Waals surface area contributed by atoms with Crippen molar-refractivity contribution in [3.05, 3.63) is 59.6 Å². The third kappa shape index (κ3) is 4.32. The summed E-state index contributed by atoms with van der Waals surface area (Å²) in [7, 11) is 0. The first kappa shape index (κ1) is 20.6. The van der Waals surface area contributed by atoms with Gasteiger partial charge in [-0.3, -0.25) is 9.78 Å². The fourth-order valence-corrected chi connectivity index (χ4v) is 2.90. The van der Waals surface area contributed by atoms with E-state index in [0.717, 1.165) is 5.56 Å². The zero-order valence-electron chi connectivity index (χ0n) is 16.8. The molecule has 7 nitrogen and oxygen atoms in total. The minimum atomic E-state index is -0.682. The van der Waals surface area contributed by atoms with E-state index in [1.807, 2.05) is 26.8 Å². The topological polar surface area (TPSA) is 92.9 Å². The molecule has 8 heteroatoms. The lowest BCUT2D eigenvalue weighted by Gasteiger charge is -2.16. The first-order valence-electron chi connectivity index (χ1n) is 9.40. The molecule has 0 unspecified atom stereocenters. The number of aromatic nitrogens is 4. The van der Waals surface area contributed by atoms with Crippen molar-refractivity contribution >= 4 is 5.91 Å². The Balaban J connectivity index is 2.20. The number of carbonyl (C=O) groups is 1. The highest BCUT2D eigenvalue weighted by atomic mass is 19.1. The number of hydrogen-bond donors (Lipinski definition) is 2.